The van der Waals surface area contributed by atoms with E-state index in [1.807, 2.05) is 13.0 Å². The van der Waals surface area contributed by atoms with Crippen LogP contribution in [0.4, 0.5) is 24.8 Å². The maximum Gasteiger partial charge on any atom is 0.433 e. The van der Waals surface area contributed by atoms with Crippen LogP contribution in [-0.4, -0.2) is 42.0 Å². The number of alkyl halides is 3. The average Bonchev–Trinajstić information content (AvgIpc) is 3.58. The largest absolute Gasteiger partial charge is 0.433 e. The molecule has 3 aromatic heterocycles. The Bertz CT molecular complexity index is 1430. The number of nitrogens with zero attached hydrogens (tertiary/aromatic N) is 4. The van der Waals surface area contributed by atoms with Crippen molar-refractivity contribution in [3.05, 3.63) is 71.1 Å². The second-order valence-electron chi connectivity index (χ2n) is 9.25. The number of hydrogen-bond acceptors (Lipinski definition) is 8. The first-order chi connectivity index (χ1) is 18.1. The van der Waals surface area contributed by atoms with Gasteiger partial charge in [0.25, 0.3) is 5.91 Å². The zero-order valence-corrected chi connectivity index (χ0v) is 21.0. The van der Waals surface area contributed by atoms with Crippen LogP contribution in [0.25, 0.3) is 10.4 Å². The van der Waals surface area contributed by atoms with Crippen LogP contribution in [0, 0.1) is 6.92 Å². The van der Waals surface area contributed by atoms with E-state index in [0.717, 1.165) is 28.3 Å². The number of imidazole rings is 1. The zero-order chi connectivity index (χ0) is 26.9. The molecule has 1 aliphatic rings. The molecule has 4 N–H and O–H groups in total. The zero-order valence-electron chi connectivity index (χ0n) is 20.2. The van der Waals surface area contributed by atoms with Crippen LogP contribution >= 0.6 is 11.3 Å². The van der Waals surface area contributed by atoms with Crippen molar-refractivity contribution in [2.75, 3.05) is 5.32 Å². The fraction of sp³-hybridized carbons (Fsp3) is 0.320. The molecule has 1 saturated carbocycles. The van der Waals surface area contributed by atoms with Gasteiger partial charge in [-0.15, -0.1) is 11.3 Å². The van der Waals surface area contributed by atoms with Gasteiger partial charge < -0.3 is 20.7 Å². The van der Waals surface area contributed by atoms with Crippen molar-refractivity contribution in [1.82, 2.24) is 30.2 Å². The lowest BCUT2D eigenvalue weighted by Gasteiger charge is -2.34. The number of benzene rings is 1. The van der Waals surface area contributed by atoms with E-state index in [0.29, 0.717) is 42.1 Å². The van der Waals surface area contributed by atoms with Crippen LogP contribution in [0.3, 0.4) is 0 Å². The fourth-order valence-electron chi connectivity index (χ4n) is 4.42. The number of carbonyl (C=O) groups is 1. The molecular formula is C25H24F3N7O2S. The number of amides is 1. The highest BCUT2D eigenvalue weighted by molar-refractivity contribution is 7.15. The lowest BCUT2D eigenvalue weighted by atomic mass is 9.82. The number of carbonyl (C=O) groups excluding carboxylic acids is 1. The third-order valence-corrected chi connectivity index (χ3v) is 7.60. The molecule has 0 atom stereocenters. The van der Waals surface area contributed by atoms with Gasteiger partial charge in [-0.25, -0.2) is 19.9 Å². The Hall–Kier alpha value is -3.84. The number of aliphatic hydroxyl groups is 1. The van der Waals surface area contributed by atoms with Crippen molar-refractivity contribution in [2.24, 2.45) is 0 Å². The summed E-state index contributed by atoms with van der Waals surface area (Å²) >= 11 is 1.36. The number of anilines is 2. The summed E-state index contributed by atoms with van der Waals surface area (Å²) in [6.07, 6.45) is 3.17. The van der Waals surface area contributed by atoms with Gasteiger partial charge in [-0.05, 0) is 61.9 Å². The number of thiazole rings is 1. The molecule has 5 rings (SSSR count). The molecule has 4 aromatic rings. The summed E-state index contributed by atoms with van der Waals surface area (Å²) in [6, 6.07) is 6.24. The Balaban J connectivity index is 1.28. The van der Waals surface area contributed by atoms with Crippen LogP contribution in [0.1, 0.15) is 52.4 Å². The predicted molar refractivity (Wildman–Crippen MR) is 135 cm³/mol. The lowest BCUT2D eigenvalue weighted by Crippen LogP contribution is -2.42. The van der Waals surface area contributed by atoms with Gasteiger partial charge in [0, 0.05) is 24.1 Å². The molecule has 1 aliphatic carbocycles. The molecule has 0 radical (unpaired) electrons. The molecule has 1 fully saturated rings. The summed E-state index contributed by atoms with van der Waals surface area (Å²) in [6.45, 7) is 1.87. The van der Waals surface area contributed by atoms with E-state index >= 15 is 0 Å². The van der Waals surface area contributed by atoms with Gasteiger partial charge in [0.2, 0.25) is 5.95 Å². The highest BCUT2D eigenvalue weighted by Crippen LogP contribution is 2.41. The molecule has 1 aromatic carbocycles. The standard InChI is InChI=1S/C25H24F3N7O2S/c1-14-8-15(10-17(9-14)34-23-30-7-4-20(35-23)25(26,27)28)19-12-31-22(38-19)24(37)5-2-16(3-6-24)33-21(36)18-11-29-13-32-18/h4,7-13,16,37H,2-3,5-6H2,1H3,(H,29,32)(H,33,36)(H,30,34,35). The van der Waals surface area contributed by atoms with E-state index in [4.69, 9.17) is 0 Å². The molecule has 38 heavy (non-hydrogen) atoms. The second-order valence-corrected chi connectivity index (χ2v) is 10.3. The highest BCUT2D eigenvalue weighted by Gasteiger charge is 2.38. The molecule has 0 aliphatic heterocycles. The molecule has 0 saturated heterocycles. The molecule has 0 unspecified atom stereocenters. The smallest absolute Gasteiger partial charge is 0.383 e. The van der Waals surface area contributed by atoms with Crippen molar-refractivity contribution in [3.63, 3.8) is 0 Å². The van der Waals surface area contributed by atoms with Crippen molar-refractivity contribution in [1.29, 1.82) is 0 Å². The number of nitrogens with one attached hydrogen (secondary N) is 3. The van der Waals surface area contributed by atoms with Gasteiger partial charge in [-0.2, -0.15) is 13.2 Å². The summed E-state index contributed by atoms with van der Waals surface area (Å²) in [4.78, 5) is 31.7. The van der Waals surface area contributed by atoms with Gasteiger partial charge >= 0.3 is 6.18 Å². The maximum absolute atomic E-state index is 13.0. The molecule has 198 valence electrons. The summed E-state index contributed by atoms with van der Waals surface area (Å²) < 4.78 is 39.0. The second kappa shape index (κ2) is 10.1. The molecular weight excluding hydrogens is 519 g/mol. The maximum atomic E-state index is 13.0. The Morgan fingerprint density at radius 2 is 1.97 bits per heavy atom. The first kappa shape index (κ1) is 25.8. The number of aromatic amines is 1. The number of aryl methyl sites for hydroxylation is 1. The molecule has 0 spiro atoms. The fourth-order valence-corrected chi connectivity index (χ4v) is 5.47. The summed E-state index contributed by atoms with van der Waals surface area (Å²) in [7, 11) is 0. The van der Waals surface area contributed by atoms with Crippen molar-refractivity contribution >= 4 is 28.9 Å². The van der Waals surface area contributed by atoms with Crippen LogP contribution in [0.5, 0.6) is 0 Å². The van der Waals surface area contributed by atoms with Gasteiger partial charge in [-0.3, -0.25) is 4.79 Å². The minimum atomic E-state index is -4.57. The summed E-state index contributed by atoms with van der Waals surface area (Å²) in [5.74, 6) is -0.388. The minimum Gasteiger partial charge on any atom is -0.383 e. The molecule has 13 heteroatoms. The minimum absolute atomic E-state index is 0.0611. The van der Waals surface area contributed by atoms with Gasteiger partial charge in [0.1, 0.15) is 22.0 Å². The summed E-state index contributed by atoms with van der Waals surface area (Å²) in [5, 5.41) is 17.7. The van der Waals surface area contributed by atoms with E-state index in [2.05, 4.69) is 35.6 Å². The van der Waals surface area contributed by atoms with Crippen LogP contribution in [0.15, 0.2) is 49.2 Å². The summed E-state index contributed by atoms with van der Waals surface area (Å²) in [5.41, 5.74) is 0.461. The van der Waals surface area contributed by atoms with E-state index in [9.17, 15) is 23.1 Å². The van der Waals surface area contributed by atoms with E-state index in [1.54, 1.807) is 18.3 Å². The first-order valence-corrected chi connectivity index (χ1v) is 12.7. The van der Waals surface area contributed by atoms with Gasteiger partial charge in [-0.1, -0.05) is 6.07 Å². The number of halogens is 3. The number of rotatable bonds is 6. The number of H-pyrrole nitrogens is 1. The van der Waals surface area contributed by atoms with E-state index in [1.165, 1.54) is 23.9 Å². The molecule has 1 amide bonds. The van der Waals surface area contributed by atoms with Gasteiger partial charge in [0.15, 0.2) is 0 Å². The molecule has 9 nitrogen and oxygen atoms in total. The monoisotopic (exact) mass is 543 g/mol. The Labute approximate surface area is 219 Å². The number of aromatic nitrogens is 5. The topological polar surface area (TPSA) is 129 Å². The van der Waals surface area contributed by atoms with E-state index < -0.39 is 17.5 Å². The third kappa shape index (κ3) is 5.68. The number of hydrogen-bond donors (Lipinski definition) is 4. The van der Waals surface area contributed by atoms with Crippen LogP contribution < -0.4 is 10.6 Å². The molecule has 0 bridgehead atoms. The quantitative estimate of drug-likeness (QED) is 0.271. The van der Waals surface area contributed by atoms with Crippen molar-refractivity contribution in [2.45, 2.75) is 50.4 Å². The SMILES string of the molecule is Cc1cc(Nc2nccc(C(F)(F)F)n2)cc(-c2cnc(C3(O)CCC(NC(=O)c4cnc[nH]4)CC3)s2)c1. The Kier molecular flexibility index (Phi) is 6.88. The third-order valence-electron chi connectivity index (χ3n) is 6.36. The van der Waals surface area contributed by atoms with Gasteiger partial charge in [0.05, 0.1) is 17.4 Å². The first-order valence-electron chi connectivity index (χ1n) is 11.9. The van der Waals surface area contributed by atoms with Crippen molar-refractivity contribution in [3.8, 4) is 10.4 Å². The highest BCUT2D eigenvalue weighted by atomic mass is 32.1. The Morgan fingerprint density at radius 3 is 2.68 bits per heavy atom. The van der Waals surface area contributed by atoms with E-state index in [-0.39, 0.29) is 17.9 Å². The van der Waals surface area contributed by atoms with Crippen LogP contribution in [-0.2, 0) is 11.8 Å². The Morgan fingerprint density at radius 1 is 1.18 bits per heavy atom. The normalized spacial score (nSPS) is 19.8. The lowest BCUT2D eigenvalue weighted by molar-refractivity contribution is -0.141. The average molecular weight is 544 g/mol. The molecule has 3 heterocycles. The predicted octanol–water partition coefficient (Wildman–Crippen LogP) is 4.95. The van der Waals surface area contributed by atoms with Crippen molar-refractivity contribution < 1.29 is 23.1 Å². The van der Waals surface area contributed by atoms with Crippen LogP contribution in [0.2, 0.25) is 0 Å².